The zero-order chi connectivity index (χ0) is 14.7. The van der Waals surface area contributed by atoms with Gasteiger partial charge in [-0.1, -0.05) is 0 Å². The van der Waals surface area contributed by atoms with Crippen LogP contribution in [0.5, 0.6) is 11.5 Å². The Bertz CT molecular complexity index is 626. The Kier molecular flexibility index (Phi) is 4.06. The minimum absolute atomic E-state index is 0.446. The highest BCUT2D eigenvalue weighted by molar-refractivity contribution is 5.90. The summed E-state index contributed by atoms with van der Waals surface area (Å²) in [7, 11) is 1.62. The molecular weight excluding hydrogens is 268 g/mol. The second-order valence-electron chi connectivity index (χ2n) is 5.18. The Morgan fingerprint density at radius 3 is 2.76 bits per heavy atom. The van der Waals surface area contributed by atoms with Crippen LogP contribution >= 0.6 is 0 Å². The van der Waals surface area contributed by atoms with E-state index in [2.05, 4.69) is 14.9 Å². The molecule has 1 fully saturated rings. The first-order valence-electron chi connectivity index (χ1n) is 7.21. The third-order valence-corrected chi connectivity index (χ3v) is 3.82. The summed E-state index contributed by atoms with van der Waals surface area (Å²) in [4.78, 5) is 10.6. The van der Waals surface area contributed by atoms with Crippen molar-refractivity contribution in [1.29, 1.82) is 0 Å². The molecule has 1 aliphatic rings. The van der Waals surface area contributed by atoms with Gasteiger partial charge in [0.05, 0.1) is 12.6 Å². The van der Waals surface area contributed by atoms with Crippen molar-refractivity contribution in [2.45, 2.75) is 12.8 Å². The highest BCUT2D eigenvalue weighted by Crippen LogP contribution is 2.33. The van der Waals surface area contributed by atoms with Crippen molar-refractivity contribution in [3.05, 3.63) is 18.5 Å². The molecular formula is C15H20N4O2. The van der Waals surface area contributed by atoms with Crippen LogP contribution in [0.15, 0.2) is 18.5 Å². The van der Waals surface area contributed by atoms with E-state index in [0.717, 1.165) is 17.4 Å². The molecule has 1 saturated heterocycles. The molecule has 6 heteroatoms. The van der Waals surface area contributed by atoms with E-state index in [9.17, 15) is 0 Å². The molecule has 2 aromatic rings. The average Bonchev–Trinajstić information content (AvgIpc) is 3.00. The first-order chi connectivity index (χ1) is 10.3. The number of methoxy groups -OCH3 is 1. The molecule has 0 saturated carbocycles. The summed E-state index contributed by atoms with van der Waals surface area (Å²) in [6.07, 6.45) is 4.03. The van der Waals surface area contributed by atoms with Gasteiger partial charge in [-0.05, 0) is 32.0 Å². The number of ether oxygens (including phenoxy) is 2. The zero-order valence-corrected chi connectivity index (χ0v) is 12.2. The number of nitrogens with zero attached hydrogens (tertiary/aromatic N) is 3. The lowest BCUT2D eigenvalue weighted by Crippen LogP contribution is -2.25. The van der Waals surface area contributed by atoms with Crippen LogP contribution in [0.1, 0.15) is 12.8 Å². The van der Waals surface area contributed by atoms with Gasteiger partial charge in [-0.15, -0.1) is 0 Å². The average molecular weight is 288 g/mol. The van der Waals surface area contributed by atoms with E-state index >= 15 is 0 Å². The number of hydrogen-bond donors (Lipinski definition) is 1. The Morgan fingerprint density at radius 1 is 1.19 bits per heavy atom. The molecule has 1 aromatic carbocycles. The topological polar surface area (TPSA) is 73.5 Å². The second kappa shape index (κ2) is 6.13. The third-order valence-electron chi connectivity index (χ3n) is 3.82. The Balaban J connectivity index is 1.76. The molecule has 2 N–H and O–H groups in total. The highest BCUT2D eigenvalue weighted by Gasteiger charge is 2.13. The summed E-state index contributed by atoms with van der Waals surface area (Å²) in [5.41, 5.74) is 6.62. The summed E-state index contributed by atoms with van der Waals surface area (Å²) >= 11 is 0. The van der Waals surface area contributed by atoms with Gasteiger partial charge >= 0.3 is 0 Å². The van der Waals surface area contributed by atoms with Crippen molar-refractivity contribution in [2.24, 2.45) is 0 Å². The Morgan fingerprint density at radius 2 is 2.00 bits per heavy atom. The second-order valence-corrected chi connectivity index (χ2v) is 5.18. The van der Waals surface area contributed by atoms with E-state index in [1.807, 2.05) is 12.1 Å². The summed E-state index contributed by atoms with van der Waals surface area (Å²) < 4.78 is 11.3. The smallest absolute Gasteiger partial charge is 0.163 e. The van der Waals surface area contributed by atoms with E-state index in [1.165, 1.54) is 32.3 Å². The maximum absolute atomic E-state index is 5.87. The Labute approximate surface area is 123 Å². The number of nitrogen functional groups attached to an aromatic ring is 1. The van der Waals surface area contributed by atoms with E-state index in [-0.39, 0.29) is 0 Å². The van der Waals surface area contributed by atoms with Gasteiger partial charge in [-0.2, -0.15) is 0 Å². The molecule has 0 spiro atoms. The van der Waals surface area contributed by atoms with Gasteiger partial charge in [0.15, 0.2) is 11.5 Å². The van der Waals surface area contributed by atoms with Crippen molar-refractivity contribution in [3.63, 3.8) is 0 Å². The molecule has 0 atom stereocenters. The number of likely N-dealkylation sites (tertiary alicyclic amines) is 1. The van der Waals surface area contributed by atoms with Crippen LogP contribution in [0.25, 0.3) is 10.9 Å². The van der Waals surface area contributed by atoms with Gasteiger partial charge in [-0.3, -0.25) is 4.90 Å². The van der Waals surface area contributed by atoms with E-state index < -0.39 is 0 Å². The lowest BCUT2D eigenvalue weighted by molar-refractivity contribution is 0.230. The fraction of sp³-hybridized carbons (Fsp3) is 0.467. The number of hydrogen-bond acceptors (Lipinski definition) is 6. The lowest BCUT2D eigenvalue weighted by Gasteiger charge is -2.16. The number of aromatic nitrogens is 2. The molecule has 112 valence electrons. The van der Waals surface area contributed by atoms with E-state index in [4.69, 9.17) is 15.2 Å². The summed E-state index contributed by atoms with van der Waals surface area (Å²) in [5.74, 6) is 1.80. The normalized spacial score (nSPS) is 15.5. The molecule has 6 nitrogen and oxygen atoms in total. The minimum Gasteiger partial charge on any atom is -0.493 e. The maximum Gasteiger partial charge on any atom is 0.163 e. The number of rotatable bonds is 5. The number of benzene rings is 1. The summed E-state index contributed by atoms with van der Waals surface area (Å²) in [6.45, 7) is 3.92. The highest BCUT2D eigenvalue weighted by atomic mass is 16.5. The third kappa shape index (κ3) is 3.00. The molecule has 0 bridgehead atoms. The minimum atomic E-state index is 0.446. The van der Waals surface area contributed by atoms with Crippen molar-refractivity contribution >= 4 is 16.7 Å². The fourth-order valence-electron chi connectivity index (χ4n) is 2.65. The van der Waals surface area contributed by atoms with Crippen LogP contribution in [-0.2, 0) is 0 Å². The molecule has 1 aromatic heterocycles. The molecule has 0 amide bonds. The Hall–Kier alpha value is -2.08. The molecule has 2 heterocycles. The predicted molar refractivity (Wildman–Crippen MR) is 81.7 cm³/mol. The number of fused-ring (bicyclic) bond motifs is 1. The van der Waals surface area contributed by atoms with Crippen molar-refractivity contribution in [1.82, 2.24) is 14.9 Å². The van der Waals surface area contributed by atoms with Crippen LogP contribution in [0.4, 0.5) is 5.82 Å². The molecule has 21 heavy (non-hydrogen) atoms. The number of nitrogens with two attached hydrogens (primary N) is 1. The van der Waals surface area contributed by atoms with Gasteiger partial charge in [0.1, 0.15) is 18.8 Å². The first-order valence-corrected chi connectivity index (χ1v) is 7.21. The fourth-order valence-corrected chi connectivity index (χ4v) is 2.65. The maximum atomic E-state index is 5.87. The molecule has 0 aliphatic carbocycles. The monoisotopic (exact) mass is 288 g/mol. The van der Waals surface area contributed by atoms with Crippen LogP contribution in [0.2, 0.25) is 0 Å². The van der Waals surface area contributed by atoms with E-state index in [1.54, 1.807) is 7.11 Å². The van der Waals surface area contributed by atoms with Crippen LogP contribution in [0.3, 0.4) is 0 Å². The van der Waals surface area contributed by atoms with Crippen LogP contribution in [0, 0.1) is 0 Å². The number of anilines is 1. The predicted octanol–water partition coefficient (Wildman–Crippen LogP) is 1.70. The van der Waals surface area contributed by atoms with Crippen molar-refractivity contribution in [3.8, 4) is 11.5 Å². The van der Waals surface area contributed by atoms with Gasteiger partial charge in [0.25, 0.3) is 0 Å². The van der Waals surface area contributed by atoms with Gasteiger partial charge in [-0.25, -0.2) is 9.97 Å². The molecule has 3 rings (SSSR count). The van der Waals surface area contributed by atoms with Crippen LogP contribution < -0.4 is 15.2 Å². The summed E-state index contributed by atoms with van der Waals surface area (Å²) in [5, 5.41) is 0.779. The lowest BCUT2D eigenvalue weighted by atomic mass is 10.2. The largest absolute Gasteiger partial charge is 0.493 e. The van der Waals surface area contributed by atoms with Crippen molar-refractivity contribution < 1.29 is 9.47 Å². The van der Waals surface area contributed by atoms with Gasteiger partial charge < -0.3 is 15.2 Å². The summed E-state index contributed by atoms with van der Waals surface area (Å²) in [6, 6.07) is 3.69. The van der Waals surface area contributed by atoms with Crippen molar-refractivity contribution in [2.75, 3.05) is 39.1 Å². The zero-order valence-electron chi connectivity index (χ0n) is 12.2. The quantitative estimate of drug-likeness (QED) is 0.902. The van der Waals surface area contributed by atoms with E-state index in [0.29, 0.717) is 23.9 Å². The first kappa shape index (κ1) is 13.9. The molecule has 1 aliphatic heterocycles. The van der Waals surface area contributed by atoms with Gasteiger partial charge in [0.2, 0.25) is 0 Å². The van der Waals surface area contributed by atoms with Gasteiger partial charge in [0, 0.05) is 18.0 Å². The molecule has 0 unspecified atom stereocenters. The standard InChI is InChI=1S/C15H20N4O2/c1-20-13-8-11-12(17-10-18-15(11)16)9-14(13)21-7-6-19-4-2-3-5-19/h8-10H,2-7H2,1H3,(H2,16,17,18). The van der Waals surface area contributed by atoms with Crippen LogP contribution in [-0.4, -0.2) is 48.2 Å². The molecule has 0 radical (unpaired) electrons. The SMILES string of the molecule is COc1cc2c(N)ncnc2cc1OCCN1CCCC1.